The summed E-state index contributed by atoms with van der Waals surface area (Å²) in [6, 6.07) is 0. The van der Waals surface area contributed by atoms with Crippen molar-refractivity contribution < 1.29 is 9.84 Å². The summed E-state index contributed by atoms with van der Waals surface area (Å²) in [4.78, 5) is 0. The Morgan fingerprint density at radius 1 is 1.00 bits per heavy atom. The second-order valence-electron chi connectivity index (χ2n) is 6.58. The van der Waals surface area contributed by atoms with E-state index in [1.54, 1.807) is 0 Å². The number of rotatable bonds is 0. The highest BCUT2D eigenvalue weighted by Crippen LogP contribution is 2.39. The molecule has 1 aliphatic rings. The van der Waals surface area contributed by atoms with E-state index in [9.17, 15) is 5.11 Å². The molecular weight excluding hydrogens is 176 g/mol. The third-order valence-electron chi connectivity index (χ3n) is 2.94. The lowest BCUT2D eigenvalue weighted by Gasteiger charge is -2.31. The lowest BCUT2D eigenvalue weighted by Crippen LogP contribution is -2.35. The van der Waals surface area contributed by atoms with Crippen LogP contribution >= 0.6 is 0 Å². The van der Waals surface area contributed by atoms with E-state index in [2.05, 4.69) is 41.5 Å². The van der Waals surface area contributed by atoms with Crippen molar-refractivity contribution in [1.29, 1.82) is 0 Å². The summed E-state index contributed by atoms with van der Waals surface area (Å²) >= 11 is 0. The zero-order chi connectivity index (χ0) is 11.1. The van der Waals surface area contributed by atoms with Gasteiger partial charge in [-0.05, 0) is 10.8 Å². The Kier molecular flexibility index (Phi) is 2.99. The third kappa shape index (κ3) is 2.48. The van der Waals surface area contributed by atoms with Gasteiger partial charge in [0.15, 0.2) is 0 Å². The minimum atomic E-state index is -0.306. The standard InChI is InChI=1S/C12H24O2/c1-11(2,3)9-7-8(13)10(14-9)12(4,5)6/h8-10,13H,7H2,1-6H3. The van der Waals surface area contributed by atoms with Gasteiger partial charge in [0.25, 0.3) is 0 Å². The van der Waals surface area contributed by atoms with Crippen molar-refractivity contribution >= 4 is 0 Å². The lowest BCUT2D eigenvalue weighted by molar-refractivity contribution is -0.0780. The Hall–Kier alpha value is -0.0800. The smallest absolute Gasteiger partial charge is 0.0887 e. The Labute approximate surface area is 87.7 Å². The molecule has 1 rings (SSSR count). The van der Waals surface area contributed by atoms with Crippen molar-refractivity contribution in [3.8, 4) is 0 Å². The highest BCUT2D eigenvalue weighted by molar-refractivity contribution is 4.93. The van der Waals surface area contributed by atoms with Gasteiger partial charge in [0, 0.05) is 6.42 Å². The van der Waals surface area contributed by atoms with E-state index >= 15 is 0 Å². The fraction of sp³-hybridized carbons (Fsp3) is 1.00. The molecule has 3 atom stereocenters. The number of hydrogen-bond donors (Lipinski definition) is 1. The molecule has 0 bridgehead atoms. The van der Waals surface area contributed by atoms with Gasteiger partial charge >= 0.3 is 0 Å². The topological polar surface area (TPSA) is 29.5 Å². The van der Waals surface area contributed by atoms with Crippen molar-refractivity contribution in [3.63, 3.8) is 0 Å². The first-order valence-corrected chi connectivity index (χ1v) is 5.46. The average molecular weight is 200 g/mol. The third-order valence-corrected chi connectivity index (χ3v) is 2.94. The molecular formula is C12H24O2. The molecule has 0 aliphatic carbocycles. The van der Waals surface area contributed by atoms with Crippen molar-refractivity contribution in [3.05, 3.63) is 0 Å². The number of aliphatic hydroxyl groups excluding tert-OH is 1. The maximum Gasteiger partial charge on any atom is 0.0887 e. The minimum absolute atomic E-state index is 0.0216. The molecule has 0 spiro atoms. The van der Waals surface area contributed by atoms with Crippen LogP contribution in [0.5, 0.6) is 0 Å². The van der Waals surface area contributed by atoms with Crippen molar-refractivity contribution in [1.82, 2.24) is 0 Å². The molecule has 14 heavy (non-hydrogen) atoms. The minimum Gasteiger partial charge on any atom is -0.390 e. The summed E-state index contributed by atoms with van der Waals surface area (Å²) in [7, 11) is 0. The first-order valence-electron chi connectivity index (χ1n) is 5.46. The first-order chi connectivity index (χ1) is 6.12. The Morgan fingerprint density at radius 2 is 1.50 bits per heavy atom. The summed E-state index contributed by atoms with van der Waals surface area (Å²) < 4.78 is 5.95. The molecule has 0 aromatic heterocycles. The summed E-state index contributed by atoms with van der Waals surface area (Å²) in [5, 5.41) is 9.93. The van der Waals surface area contributed by atoms with Gasteiger partial charge in [-0.3, -0.25) is 0 Å². The van der Waals surface area contributed by atoms with E-state index < -0.39 is 0 Å². The van der Waals surface area contributed by atoms with E-state index in [-0.39, 0.29) is 29.1 Å². The van der Waals surface area contributed by atoms with Crippen molar-refractivity contribution in [2.75, 3.05) is 0 Å². The molecule has 2 nitrogen and oxygen atoms in total. The molecule has 2 heteroatoms. The van der Waals surface area contributed by atoms with E-state index in [4.69, 9.17) is 4.74 Å². The molecule has 1 aliphatic heterocycles. The lowest BCUT2D eigenvalue weighted by atomic mass is 9.84. The fourth-order valence-electron chi connectivity index (χ4n) is 2.01. The zero-order valence-corrected chi connectivity index (χ0v) is 10.3. The van der Waals surface area contributed by atoms with Gasteiger partial charge < -0.3 is 9.84 Å². The van der Waals surface area contributed by atoms with Gasteiger partial charge in [-0.2, -0.15) is 0 Å². The molecule has 1 N–H and O–H groups in total. The highest BCUT2D eigenvalue weighted by Gasteiger charge is 2.44. The fourth-order valence-corrected chi connectivity index (χ4v) is 2.01. The van der Waals surface area contributed by atoms with Crippen LogP contribution in [0, 0.1) is 10.8 Å². The maximum absolute atomic E-state index is 9.93. The predicted octanol–water partition coefficient (Wildman–Crippen LogP) is 2.60. The largest absolute Gasteiger partial charge is 0.390 e. The van der Waals surface area contributed by atoms with E-state index in [0.29, 0.717) is 0 Å². The van der Waals surface area contributed by atoms with E-state index in [0.717, 1.165) is 6.42 Å². The van der Waals surface area contributed by atoms with Crippen LogP contribution in [0.15, 0.2) is 0 Å². The van der Waals surface area contributed by atoms with E-state index in [1.807, 2.05) is 0 Å². The molecule has 1 saturated heterocycles. The number of ether oxygens (including phenoxy) is 1. The van der Waals surface area contributed by atoms with Crippen LogP contribution in [0.25, 0.3) is 0 Å². The molecule has 1 fully saturated rings. The normalized spacial score (nSPS) is 34.9. The number of aliphatic hydroxyl groups is 1. The Morgan fingerprint density at radius 3 is 1.71 bits per heavy atom. The van der Waals surface area contributed by atoms with Gasteiger partial charge in [0.05, 0.1) is 18.3 Å². The van der Waals surface area contributed by atoms with Gasteiger partial charge in [-0.25, -0.2) is 0 Å². The zero-order valence-electron chi connectivity index (χ0n) is 10.3. The molecule has 0 aromatic carbocycles. The summed E-state index contributed by atoms with van der Waals surface area (Å²) in [6.45, 7) is 12.8. The Balaban J connectivity index is 2.70. The van der Waals surface area contributed by atoms with Gasteiger partial charge in [0.2, 0.25) is 0 Å². The van der Waals surface area contributed by atoms with Crippen LogP contribution in [-0.4, -0.2) is 23.4 Å². The molecule has 0 saturated carbocycles. The molecule has 0 amide bonds. The molecule has 1 heterocycles. The summed E-state index contributed by atoms with van der Waals surface area (Å²) in [5.41, 5.74) is 0.153. The first kappa shape index (κ1) is 12.0. The van der Waals surface area contributed by atoms with Crippen LogP contribution in [0.4, 0.5) is 0 Å². The molecule has 0 radical (unpaired) electrons. The predicted molar refractivity (Wildman–Crippen MR) is 58.2 cm³/mol. The van der Waals surface area contributed by atoms with Gasteiger partial charge in [-0.15, -0.1) is 0 Å². The molecule has 84 valence electrons. The Bertz CT molecular complexity index is 197. The van der Waals surface area contributed by atoms with Crippen LogP contribution in [0.2, 0.25) is 0 Å². The molecule has 0 aromatic rings. The maximum atomic E-state index is 9.93. The van der Waals surface area contributed by atoms with Crippen molar-refractivity contribution in [2.45, 2.75) is 66.3 Å². The van der Waals surface area contributed by atoms with Crippen LogP contribution in [-0.2, 0) is 4.74 Å². The number of hydrogen-bond acceptors (Lipinski definition) is 2. The van der Waals surface area contributed by atoms with Gasteiger partial charge in [-0.1, -0.05) is 41.5 Å². The monoisotopic (exact) mass is 200 g/mol. The quantitative estimate of drug-likeness (QED) is 0.651. The second kappa shape index (κ2) is 3.49. The van der Waals surface area contributed by atoms with Crippen LogP contribution in [0.1, 0.15) is 48.0 Å². The molecule has 3 unspecified atom stereocenters. The average Bonchev–Trinajstić information content (AvgIpc) is 2.27. The van der Waals surface area contributed by atoms with Crippen LogP contribution in [0.3, 0.4) is 0 Å². The van der Waals surface area contributed by atoms with Gasteiger partial charge in [0.1, 0.15) is 0 Å². The van der Waals surface area contributed by atoms with Crippen molar-refractivity contribution in [2.24, 2.45) is 10.8 Å². The summed E-state index contributed by atoms with van der Waals surface area (Å²) in [6.07, 6.45) is 0.624. The highest BCUT2D eigenvalue weighted by atomic mass is 16.5. The summed E-state index contributed by atoms with van der Waals surface area (Å²) in [5.74, 6) is 0. The SMILES string of the molecule is CC(C)(C)C1CC(O)C(C(C)(C)C)O1. The second-order valence-corrected chi connectivity index (χ2v) is 6.58. The van der Waals surface area contributed by atoms with E-state index in [1.165, 1.54) is 0 Å². The van der Waals surface area contributed by atoms with Crippen LogP contribution < -0.4 is 0 Å².